The van der Waals surface area contributed by atoms with Crippen molar-refractivity contribution in [3.8, 4) is 17.7 Å². The lowest BCUT2D eigenvalue weighted by atomic mass is 10.0. The summed E-state index contributed by atoms with van der Waals surface area (Å²) in [5, 5.41) is 1.15. The maximum atomic E-state index is 5.97. The van der Waals surface area contributed by atoms with Gasteiger partial charge in [0.1, 0.15) is 5.69 Å². The van der Waals surface area contributed by atoms with Crippen LogP contribution in [0.25, 0.3) is 0 Å². The first-order chi connectivity index (χ1) is 11.7. The van der Waals surface area contributed by atoms with Crippen LogP contribution in [0.1, 0.15) is 11.3 Å². The van der Waals surface area contributed by atoms with Gasteiger partial charge in [-0.05, 0) is 30.0 Å². The number of ether oxygens (including phenoxy) is 1. The molecule has 7 heteroatoms. The summed E-state index contributed by atoms with van der Waals surface area (Å²) in [7, 11) is 0. The van der Waals surface area contributed by atoms with E-state index in [0.29, 0.717) is 15.9 Å². The predicted octanol–water partition coefficient (Wildman–Crippen LogP) is 3.09. The lowest BCUT2D eigenvalue weighted by Gasteiger charge is -2.09. The van der Waals surface area contributed by atoms with Gasteiger partial charge in [-0.2, -0.15) is 4.37 Å². The Kier molecular flexibility index (Phi) is 3.33. The summed E-state index contributed by atoms with van der Waals surface area (Å²) in [4.78, 5) is 2.52. The molecule has 1 aliphatic carbocycles. The number of hydrogen-bond acceptors (Lipinski definition) is 5. The second-order valence-corrected chi connectivity index (χ2v) is 8.02. The van der Waals surface area contributed by atoms with Gasteiger partial charge in [0.15, 0.2) is 6.61 Å². The minimum absolute atomic E-state index is 0.218. The molecule has 3 aliphatic heterocycles. The lowest BCUT2D eigenvalue weighted by Crippen LogP contribution is -2.17. The van der Waals surface area contributed by atoms with E-state index in [0.717, 1.165) is 29.6 Å². The molecule has 3 saturated heterocycles. The maximum absolute atomic E-state index is 5.97. The summed E-state index contributed by atoms with van der Waals surface area (Å²) >= 11 is 13.2. The van der Waals surface area contributed by atoms with Crippen molar-refractivity contribution >= 4 is 34.9 Å². The number of rotatable bonds is 3. The minimum atomic E-state index is 0.218. The van der Waals surface area contributed by atoms with Gasteiger partial charge in [0.2, 0.25) is 0 Å². The number of aromatic nitrogens is 2. The Labute approximate surface area is 154 Å². The van der Waals surface area contributed by atoms with Crippen LogP contribution in [-0.4, -0.2) is 39.9 Å². The van der Waals surface area contributed by atoms with Crippen LogP contribution in [0.15, 0.2) is 18.2 Å². The summed E-state index contributed by atoms with van der Waals surface area (Å²) in [5.41, 5.74) is 2.05. The van der Waals surface area contributed by atoms with Crippen molar-refractivity contribution < 1.29 is 4.74 Å². The van der Waals surface area contributed by atoms with E-state index in [9.17, 15) is 0 Å². The molecule has 4 fully saturated rings. The Morgan fingerprint density at radius 2 is 1.96 bits per heavy atom. The molecule has 1 aromatic carbocycles. The maximum Gasteiger partial charge on any atom is 0.250 e. The summed E-state index contributed by atoms with van der Waals surface area (Å²) in [6.45, 7) is 3.79. The normalized spacial score (nSPS) is 31.7. The molecule has 0 amide bonds. The van der Waals surface area contributed by atoms with Crippen LogP contribution in [0.2, 0.25) is 10.0 Å². The first kappa shape index (κ1) is 15.0. The summed E-state index contributed by atoms with van der Waals surface area (Å²) < 4.78 is 14.7. The fraction of sp³-hybridized carbons (Fsp3) is 0.412. The Balaban J connectivity index is 1.29. The quantitative estimate of drug-likeness (QED) is 0.770. The molecule has 4 bridgehead atoms. The SMILES string of the molecule is Clc1cc(Cl)cc(C#CCOc2nsnc2C23CN4C[C@@H]2[C@@H]3C4)c1. The molecule has 0 radical (unpaired) electrons. The van der Waals surface area contributed by atoms with Gasteiger partial charge in [-0.25, -0.2) is 0 Å². The second kappa shape index (κ2) is 5.34. The van der Waals surface area contributed by atoms with Crippen LogP contribution >= 0.6 is 34.9 Å². The van der Waals surface area contributed by atoms with E-state index in [4.69, 9.17) is 27.9 Å². The average molecular weight is 378 g/mol. The van der Waals surface area contributed by atoms with Gasteiger partial charge >= 0.3 is 0 Å². The standard InChI is InChI=1S/C17H13Cl2N3OS/c18-11-4-10(5-12(19)6-11)2-1-3-23-16-15(20-24-21-16)17-9-22-7-13(17)14(17)8-22/h4-6,13-14H,3,7-9H2/t13-,14+,17?. The van der Waals surface area contributed by atoms with Gasteiger partial charge in [-0.15, -0.1) is 4.37 Å². The number of hydrogen-bond donors (Lipinski definition) is 0. The van der Waals surface area contributed by atoms with Gasteiger partial charge in [-0.1, -0.05) is 35.0 Å². The molecule has 24 heavy (non-hydrogen) atoms. The van der Waals surface area contributed by atoms with E-state index in [1.807, 2.05) is 0 Å². The fourth-order valence-electron chi connectivity index (χ4n) is 4.40. The minimum Gasteiger partial charge on any atom is -0.463 e. The molecule has 4 atom stereocenters. The van der Waals surface area contributed by atoms with Crippen LogP contribution in [-0.2, 0) is 5.41 Å². The number of nitrogens with zero attached hydrogens (tertiary/aromatic N) is 3. The van der Waals surface area contributed by atoms with Crippen molar-refractivity contribution in [1.29, 1.82) is 0 Å². The van der Waals surface area contributed by atoms with Crippen LogP contribution in [0, 0.1) is 23.7 Å². The zero-order valence-corrected chi connectivity index (χ0v) is 15.0. The van der Waals surface area contributed by atoms with Gasteiger partial charge in [0, 0.05) is 40.7 Å². The highest BCUT2D eigenvalue weighted by atomic mass is 35.5. The van der Waals surface area contributed by atoms with Gasteiger partial charge in [-0.3, -0.25) is 0 Å². The molecule has 0 spiro atoms. The Morgan fingerprint density at radius 1 is 1.21 bits per heavy atom. The number of halogens is 2. The van der Waals surface area contributed by atoms with E-state index in [-0.39, 0.29) is 12.0 Å². The molecule has 0 N–H and O–H groups in total. The van der Waals surface area contributed by atoms with Crippen LogP contribution in [0.5, 0.6) is 5.88 Å². The van der Waals surface area contributed by atoms with Crippen molar-refractivity contribution in [3.05, 3.63) is 39.5 Å². The Hall–Kier alpha value is -1.32. The molecule has 4 heterocycles. The van der Waals surface area contributed by atoms with E-state index in [2.05, 4.69) is 25.5 Å². The predicted molar refractivity (Wildman–Crippen MR) is 93.8 cm³/mol. The average Bonchev–Trinajstić information content (AvgIpc) is 3.12. The first-order valence-corrected chi connectivity index (χ1v) is 9.28. The molecular weight excluding hydrogens is 365 g/mol. The number of benzene rings is 1. The molecule has 4 nitrogen and oxygen atoms in total. The first-order valence-electron chi connectivity index (χ1n) is 7.80. The Morgan fingerprint density at radius 3 is 2.62 bits per heavy atom. The van der Waals surface area contributed by atoms with Crippen molar-refractivity contribution in [2.45, 2.75) is 5.41 Å². The summed E-state index contributed by atoms with van der Waals surface area (Å²) in [6.07, 6.45) is 0. The van der Waals surface area contributed by atoms with E-state index in [1.165, 1.54) is 24.8 Å². The summed E-state index contributed by atoms with van der Waals surface area (Å²) in [6, 6.07) is 5.25. The zero-order chi connectivity index (χ0) is 16.3. The van der Waals surface area contributed by atoms with Crippen molar-refractivity contribution in [1.82, 2.24) is 13.6 Å². The number of piperidine rings is 3. The summed E-state index contributed by atoms with van der Waals surface area (Å²) in [5.74, 6) is 8.18. The van der Waals surface area contributed by atoms with Crippen molar-refractivity contribution in [2.24, 2.45) is 11.8 Å². The molecule has 1 aromatic heterocycles. The van der Waals surface area contributed by atoms with Crippen LogP contribution < -0.4 is 4.74 Å². The third-order valence-electron chi connectivity index (χ3n) is 5.37. The van der Waals surface area contributed by atoms with Gasteiger partial charge in [0.25, 0.3) is 5.88 Å². The van der Waals surface area contributed by atoms with E-state index >= 15 is 0 Å². The highest BCUT2D eigenvalue weighted by molar-refractivity contribution is 6.99. The lowest BCUT2D eigenvalue weighted by molar-refractivity contribution is 0.348. The van der Waals surface area contributed by atoms with Crippen LogP contribution in [0.3, 0.4) is 0 Å². The molecule has 6 rings (SSSR count). The van der Waals surface area contributed by atoms with E-state index < -0.39 is 0 Å². The largest absolute Gasteiger partial charge is 0.463 e. The highest BCUT2D eigenvalue weighted by Crippen LogP contribution is 2.70. The highest BCUT2D eigenvalue weighted by Gasteiger charge is 2.76. The fourth-order valence-corrected chi connectivity index (χ4v) is 5.51. The molecule has 2 unspecified atom stereocenters. The molecule has 4 aliphatic rings. The molecule has 122 valence electrons. The van der Waals surface area contributed by atoms with E-state index in [1.54, 1.807) is 18.2 Å². The second-order valence-electron chi connectivity index (χ2n) is 6.61. The third-order valence-corrected chi connectivity index (χ3v) is 6.32. The molecular formula is C17H13Cl2N3OS. The van der Waals surface area contributed by atoms with Crippen LogP contribution in [0.4, 0.5) is 0 Å². The third kappa shape index (κ3) is 2.18. The topological polar surface area (TPSA) is 38.3 Å². The van der Waals surface area contributed by atoms with Gasteiger partial charge < -0.3 is 9.64 Å². The monoisotopic (exact) mass is 377 g/mol. The van der Waals surface area contributed by atoms with Crippen molar-refractivity contribution in [3.63, 3.8) is 0 Å². The molecule has 2 aromatic rings. The van der Waals surface area contributed by atoms with Gasteiger partial charge in [0.05, 0.1) is 11.7 Å². The molecule has 1 saturated carbocycles. The Bertz CT molecular complexity index is 855. The van der Waals surface area contributed by atoms with Crippen molar-refractivity contribution in [2.75, 3.05) is 26.2 Å². The smallest absolute Gasteiger partial charge is 0.250 e. The zero-order valence-electron chi connectivity index (χ0n) is 12.6.